The number of aryl methyl sites for hydroxylation is 1. The molecule has 0 fully saturated rings. The quantitative estimate of drug-likeness (QED) is 0.564. The second kappa shape index (κ2) is 5.37. The summed E-state index contributed by atoms with van der Waals surface area (Å²) >= 11 is 1.80. The van der Waals surface area contributed by atoms with Gasteiger partial charge in [0, 0.05) is 4.88 Å². The predicted octanol–water partition coefficient (Wildman–Crippen LogP) is 2.62. The molecule has 3 N–H and O–H groups in total. The predicted molar refractivity (Wildman–Crippen MR) is 58.7 cm³/mol. The van der Waals surface area contributed by atoms with Gasteiger partial charge in [-0.3, -0.25) is 11.3 Å². The molecule has 74 valence electrons. The van der Waals surface area contributed by atoms with E-state index in [1.54, 1.807) is 11.3 Å². The van der Waals surface area contributed by atoms with Crippen molar-refractivity contribution in [1.29, 1.82) is 0 Å². The summed E-state index contributed by atoms with van der Waals surface area (Å²) in [6, 6.07) is 2.54. The van der Waals surface area contributed by atoms with Crippen LogP contribution in [-0.2, 0) is 6.42 Å². The van der Waals surface area contributed by atoms with E-state index >= 15 is 0 Å². The molecular weight excluding hydrogens is 180 g/mol. The molecule has 3 heteroatoms. The van der Waals surface area contributed by atoms with Gasteiger partial charge in [0.1, 0.15) is 0 Å². The number of hydrazine groups is 1. The Balaban J connectivity index is 2.77. The minimum Gasteiger partial charge on any atom is -0.271 e. The molecular formula is C10H18N2S. The standard InChI is InChI=1S/C10H18N2S/c1-3-5-9(12-11)10-8(4-2)6-7-13-10/h6-7,9,12H,3-5,11H2,1-2H3. The summed E-state index contributed by atoms with van der Waals surface area (Å²) in [5, 5.41) is 2.15. The van der Waals surface area contributed by atoms with Crippen LogP contribution < -0.4 is 11.3 Å². The average Bonchev–Trinajstić information content (AvgIpc) is 2.61. The maximum atomic E-state index is 5.53. The highest BCUT2D eigenvalue weighted by Crippen LogP contribution is 2.27. The van der Waals surface area contributed by atoms with Gasteiger partial charge in [-0.05, 0) is 29.9 Å². The van der Waals surface area contributed by atoms with Gasteiger partial charge in [-0.25, -0.2) is 0 Å². The number of hydrogen-bond acceptors (Lipinski definition) is 3. The highest BCUT2D eigenvalue weighted by atomic mass is 32.1. The van der Waals surface area contributed by atoms with E-state index in [0.29, 0.717) is 6.04 Å². The molecule has 1 heterocycles. The Morgan fingerprint density at radius 1 is 1.54 bits per heavy atom. The molecule has 1 aromatic rings. The summed E-state index contributed by atoms with van der Waals surface area (Å²) in [7, 11) is 0. The minimum absolute atomic E-state index is 0.347. The molecule has 0 aliphatic heterocycles. The van der Waals surface area contributed by atoms with Gasteiger partial charge in [-0.1, -0.05) is 20.3 Å². The van der Waals surface area contributed by atoms with E-state index in [-0.39, 0.29) is 0 Å². The zero-order valence-corrected chi connectivity index (χ0v) is 9.16. The van der Waals surface area contributed by atoms with Crippen molar-refractivity contribution in [3.63, 3.8) is 0 Å². The average molecular weight is 198 g/mol. The normalized spacial score (nSPS) is 13.2. The van der Waals surface area contributed by atoms with Crippen molar-refractivity contribution in [1.82, 2.24) is 5.43 Å². The number of hydrogen-bond donors (Lipinski definition) is 2. The van der Waals surface area contributed by atoms with Crippen molar-refractivity contribution in [2.75, 3.05) is 0 Å². The second-order valence-corrected chi connectivity index (χ2v) is 4.12. The summed E-state index contributed by atoms with van der Waals surface area (Å²) in [5.41, 5.74) is 4.32. The fourth-order valence-corrected chi connectivity index (χ4v) is 2.62. The molecule has 0 radical (unpaired) electrons. The van der Waals surface area contributed by atoms with E-state index in [0.717, 1.165) is 19.3 Å². The van der Waals surface area contributed by atoms with Crippen LogP contribution in [-0.4, -0.2) is 0 Å². The topological polar surface area (TPSA) is 38.0 Å². The smallest absolute Gasteiger partial charge is 0.0555 e. The fraction of sp³-hybridized carbons (Fsp3) is 0.600. The lowest BCUT2D eigenvalue weighted by molar-refractivity contribution is 0.515. The molecule has 0 bridgehead atoms. The molecule has 0 aromatic carbocycles. The Bertz CT molecular complexity index is 245. The van der Waals surface area contributed by atoms with Crippen LogP contribution in [0.5, 0.6) is 0 Å². The largest absolute Gasteiger partial charge is 0.271 e. The van der Waals surface area contributed by atoms with E-state index in [4.69, 9.17) is 5.84 Å². The minimum atomic E-state index is 0.347. The molecule has 0 saturated heterocycles. The molecule has 0 aliphatic carbocycles. The summed E-state index contributed by atoms with van der Waals surface area (Å²) < 4.78 is 0. The highest BCUT2D eigenvalue weighted by Gasteiger charge is 2.13. The van der Waals surface area contributed by atoms with E-state index in [1.165, 1.54) is 10.4 Å². The second-order valence-electron chi connectivity index (χ2n) is 3.17. The van der Waals surface area contributed by atoms with Crippen molar-refractivity contribution in [2.24, 2.45) is 5.84 Å². The van der Waals surface area contributed by atoms with Crippen molar-refractivity contribution >= 4 is 11.3 Å². The molecule has 13 heavy (non-hydrogen) atoms. The van der Waals surface area contributed by atoms with E-state index in [2.05, 4.69) is 30.7 Å². The number of nitrogens with one attached hydrogen (secondary N) is 1. The Morgan fingerprint density at radius 3 is 2.85 bits per heavy atom. The lowest BCUT2D eigenvalue weighted by Crippen LogP contribution is -2.27. The summed E-state index contributed by atoms with van der Waals surface area (Å²) in [4.78, 5) is 1.41. The monoisotopic (exact) mass is 198 g/mol. The van der Waals surface area contributed by atoms with Crippen molar-refractivity contribution in [3.05, 3.63) is 21.9 Å². The number of rotatable bonds is 5. The van der Waals surface area contributed by atoms with Crippen LogP contribution in [0.4, 0.5) is 0 Å². The molecule has 0 aliphatic rings. The van der Waals surface area contributed by atoms with Gasteiger partial charge < -0.3 is 0 Å². The van der Waals surface area contributed by atoms with Crippen LogP contribution in [0, 0.1) is 0 Å². The Hall–Kier alpha value is -0.380. The third-order valence-electron chi connectivity index (χ3n) is 2.26. The summed E-state index contributed by atoms with van der Waals surface area (Å²) in [5.74, 6) is 5.53. The first-order valence-corrected chi connectivity index (χ1v) is 5.73. The third kappa shape index (κ3) is 2.53. The van der Waals surface area contributed by atoms with Gasteiger partial charge >= 0.3 is 0 Å². The summed E-state index contributed by atoms with van der Waals surface area (Å²) in [6.07, 6.45) is 3.38. The van der Waals surface area contributed by atoms with Crippen LogP contribution in [0.1, 0.15) is 43.2 Å². The van der Waals surface area contributed by atoms with Gasteiger partial charge in [0.15, 0.2) is 0 Å². The van der Waals surface area contributed by atoms with Crippen LogP contribution in [0.3, 0.4) is 0 Å². The summed E-state index contributed by atoms with van der Waals surface area (Å²) in [6.45, 7) is 4.37. The van der Waals surface area contributed by atoms with Crippen molar-refractivity contribution < 1.29 is 0 Å². The van der Waals surface area contributed by atoms with Gasteiger partial charge in [0.25, 0.3) is 0 Å². The van der Waals surface area contributed by atoms with Gasteiger partial charge in [-0.15, -0.1) is 11.3 Å². The first kappa shape index (κ1) is 10.7. The van der Waals surface area contributed by atoms with Crippen molar-refractivity contribution in [3.8, 4) is 0 Å². The van der Waals surface area contributed by atoms with Gasteiger partial charge in [0.2, 0.25) is 0 Å². The molecule has 1 atom stereocenters. The highest BCUT2D eigenvalue weighted by molar-refractivity contribution is 7.10. The number of nitrogens with two attached hydrogens (primary N) is 1. The molecule has 1 aromatic heterocycles. The van der Waals surface area contributed by atoms with Crippen molar-refractivity contribution in [2.45, 2.75) is 39.2 Å². The molecule has 2 nitrogen and oxygen atoms in total. The first-order chi connectivity index (χ1) is 6.33. The zero-order chi connectivity index (χ0) is 9.68. The molecule has 0 saturated carbocycles. The van der Waals surface area contributed by atoms with Crippen LogP contribution in [0.2, 0.25) is 0 Å². The molecule has 1 unspecified atom stereocenters. The SMILES string of the molecule is CCCC(NN)c1sccc1CC. The van der Waals surface area contributed by atoms with Crippen LogP contribution in [0.15, 0.2) is 11.4 Å². The maximum Gasteiger partial charge on any atom is 0.0555 e. The van der Waals surface area contributed by atoms with Gasteiger partial charge in [0.05, 0.1) is 6.04 Å². The zero-order valence-electron chi connectivity index (χ0n) is 8.34. The van der Waals surface area contributed by atoms with Gasteiger partial charge in [-0.2, -0.15) is 0 Å². The van der Waals surface area contributed by atoms with E-state index in [9.17, 15) is 0 Å². The lowest BCUT2D eigenvalue weighted by Gasteiger charge is -2.14. The number of thiophene rings is 1. The maximum absolute atomic E-state index is 5.53. The molecule has 1 rings (SSSR count). The molecule has 0 amide bonds. The molecule has 0 spiro atoms. The van der Waals surface area contributed by atoms with E-state index < -0.39 is 0 Å². The fourth-order valence-electron chi connectivity index (χ4n) is 1.52. The van der Waals surface area contributed by atoms with E-state index in [1.807, 2.05) is 0 Å². The van der Waals surface area contributed by atoms with Crippen LogP contribution in [0.25, 0.3) is 0 Å². The Kier molecular flexibility index (Phi) is 4.42. The van der Waals surface area contributed by atoms with Crippen LogP contribution >= 0.6 is 11.3 Å². The third-order valence-corrected chi connectivity index (χ3v) is 3.33. The lowest BCUT2D eigenvalue weighted by atomic mass is 10.1. The Morgan fingerprint density at radius 2 is 2.31 bits per heavy atom. The first-order valence-electron chi connectivity index (χ1n) is 4.85. The Labute approximate surface area is 84.1 Å².